The zero-order chi connectivity index (χ0) is 16.1. The first-order valence-electron chi connectivity index (χ1n) is 7.32. The summed E-state index contributed by atoms with van der Waals surface area (Å²) in [7, 11) is 0. The van der Waals surface area contributed by atoms with E-state index in [0.29, 0.717) is 36.8 Å². The fourth-order valence-corrected chi connectivity index (χ4v) is 2.44. The topological polar surface area (TPSA) is 75.7 Å². The standard InChI is InChI=1S/C17H16N2O4/c18-10-13-4-1-2-5-14(13)23-12-17(20)19-7-9-22-16(11-19)15-6-3-8-21-15/h1-6,8,16H,7,9,11-12H2. The average Bonchev–Trinajstić information content (AvgIpc) is 3.14. The van der Waals surface area contributed by atoms with E-state index in [0.717, 1.165) is 0 Å². The molecule has 0 spiro atoms. The van der Waals surface area contributed by atoms with Gasteiger partial charge in [0.2, 0.25) is 0 Å². The number of furan rings is 1. The summed E-state index contributed by atoms with van der Waals surface area (Å²) in [6.45, 7) is 1.28. The van der Waals surface area contributed by atoms with Gasteiger partial charge in [-0.05, 0) is 24.3 Å². The van der Waals surface area contributed by atoms with Crippen molar-refractivity contribution in [3.05, 3.63) is 54.0 Å². The van der Waals surface area contributed by atoms with Gasteiger partial charge in [-0.1, -0.05) is 12.1 Å². The molecule has 6 nitrogen and oxygen atoms in total. The monoisotopic (exact) mass is 312 g/mol. The van der Waals surface area contributed by atoms with E-state index in [1.807, 2.05) is 12.1 Å². The quantitative estimate of drug-likeness (QED) is 0.864. The summed E-state index contributed by atoms with van der Waals surface area (Å²) in [4.78, 5) is 14.0. The molecule has 3 rings (SSSR count). The average molecular weight is 312 g/mol. The summed E-state index contributed by atoms with van der Waals surface area (Å²) in [6, 6.07) is 12.5. The first kappa shape index (κ1) is 15.1. The molecule has 0 bridgehead atoms. The molecule has 1 aliphatic rings. The Morgan fingerprint density at radius 1 is 1.35 bits per heavy atom. The predicted molar refractivity (Wildman–Crippen MR) is 80.6 cm³/mol. The van der Waals surface area contributed by atoms with Crippen LogP contribution in [0.5, 0.6) is 5.75 Å². The molecule has 23 heavy (non-hydrogen) atoms. The molecule has 1 amide bonds. The van der Waals surface area contributed by atoms with E-state index in [1.54, 1.807) is 41.5 Å². The SMILES string of the molecule is N#Cc1ccccc1OCC(=O)N1CCOC(c2ccco2)C1. The highest BCUT2D eigenvalue weighted by Crippen LogP contribution is 2.23. The van der Waals surface area contributed by atoms with Crippen molar-refractivity contribution in [3.63, 3.8) is 0 Å². The Hall–Kier alpha value is -2.78. The number of carbonyl (C=O) groups is 1. The van der Waals surface area contributed by atoms with Crippen LogP contribution in [0.4, 0.5) is 0 Å². The van der Waals surface area contributed by atoms with Gasteiger partial charge in [0.1, 0.15) is 23.7 Å². The summed E-state index contributed by atoms with van der Waals surface area (Å²) in [5.41, 5.74) is 0.413. The Morgan fingerprint density at radius 3 is 3.00 bits per heavy atom. The first-order valence-corrected chi connectivity index (χ1v) is 7.32. The van der Waals surface area contributed by atoms with E-state index in [4.69, 9.17) is 19.2 Å². The van der Waals surface area contributed by atoms with Crippen molar-refractivity contribution in [3.8, 4) is 11.8 Å². The minimum absolute atomic E-state index is 0.108. The zero-order valence-electron chi connectivity index (χ0n) is 12.5. The number of benzene rings is 1. The maximum absolute atomic E-state index is 12.3. The van der Waals surface area contributed by atoms with Gasteiger partial charge in [0.05, 0.1) is 25.0 Å². The molecule has 0 aliphatic carbocycles. The van der Waals surface area contributed by atoms with Gasteiger partial charge in [0.15, 0.2) is 6.61 Å². The van der Waals surface area contributed by atoms with E-state index in [9.17, 15) is 4.79 Å². The zero-order valence-corrected chi connectivity index (χ0v) is 12.5. The van der Waals surface area contributed by atoms with Crippen LogP contribution in [0.3, 0.4) is 0 Å². The van der Waals surface area contributed by atoms with E-state index < -0.39 is 0 Å². The van der Waals surface area contributed by atoms with Crippen molar-refractivity contribution < 1.29 is 18.7 Å². The summed E-state index contributed by atoms with van der Waals surface area (Å²) in [6.07, 6.45) is 1.33. The minimum atomic E-state index is -0.255. The van der Waals surface area contributed by atoms with Gasteiger partial charge < -0.3 is 18.8 Å². The summed E-state index contributed by atoms with van der Waals surface area (Å²) < 4.78 is 16.5. The Bertz CT molecular complexity index is 706. The van der Waals surface area contributed by atoms with Gasteiger partial charge in [-0.3, -0.25) is 4.79 Å². The van der Waals surface area contributed by atoms with E-state index in [-0.39, 0.29) is 18.6 Å². The lowest BCUT2D eigenvalue weighted by Crippen LogP contribution is -2.44. The number of hydrogen-bond donors (Lipinski definition) is 0. The molecule has 1 atom stereocenters. The van der Waals surface area contributed by atoms with Crippen LogP contribution < -0.4 is 4.74 Å². The second-order valence-corrected chi connectivity index (χ2v) is 5.11. The third-order valence-corrected chi connectivity index (χ3v) is 3.64. The predicted octanol–water partition coefficient (Wildman–Crippen LogP) is 2.13. The number of amides is 1. The van der Waals surface area contributed by atoms with Crippen molar-refractivity contribution in [2.24, 2.45) is 0 Å². The summed E-state index contributed by atoms with van der Waals surface area (Å²) in [5.74, 6) is 0.982. The van der Waals surface area contributed by atoms with Crippen LogP contribution in [0.1, 0.15) is 17.4 Å². The fourth-order valence-electron chi connectivity index (χ4n) is 2.44. The molecular weight excluding hydrogens is 296 g/mol. The number of hydrogen-bond acceptors (Lipinski definition) is 5. The highest BCUT2D eigenvalue weighted by molar-refractivity contribution is 5.78. The largest absolute Gasteiger partial charge is 0.482 e. The minimum Gasteiger partial charge on any atom is -0.482 e. The number of nitriles is 1. The van der Waals surface area contributed by atoms with Gasteiger partial charge in [-0.25, -0.2) is 0 Å². The van der Waals surface area contributed by atoms with Crippen LogP contribution in [0, 0.1) is 11.3 Å². The molecule has 2 aromatic rings. The lowest BCUT2D eigenvalue weighted by molar-refractivity contribution is -0.141. The van der Waals surface area contributed by atoms with Crippen molar-refractivity contribution in [2.45, 2.75) is 6.10 Å². The molecule has 1 aliphatic heterocycles. The Kier molecular flexibility index (Phi) is 4.60. The first-order chi connectivity index (χ1) is 11.3. The maximum Gasteiger partial charge on any atom is 0.260 e. The second-order valence-electron chi connectivity index (χ2n) is 5.11. The number of ether oxygens (including phenoxy) is 2. The molecule has 1 unspecified atom stereocenters. The number of morpholine rings is 1. The lowest BCUT2D eigenvalue weighted by atomic mass is 10.2. The van der Waals surface area contributed by atoms with Crippen molar-refractivity contribution >= 4 is 5.91 Å². The van der Waals surface area contributed by atoms with Crippen molar-refractivity contribution in [2.75, 3.05) is 26.3 Å². The summed E-state index contributed by atoms with van der Waals surface area (Å²) >= 11 is 0. The maximum atomic E-state index is 12.3. The smallest absolute Gasteiger partial charge is 0.260 e. The van der Waals surface area contributed by atoms with Gasteiger partial charge in [0.25, 0.3) is 5.91 Å². The van der Waals surface area contributed by atoms with Gasteiger partial charge in [-0.15, -0.1) is 0 Å². The van der Waals surface area contributed by atoms with Crippen LogP contribution >= 0.6 is 0 Å². The Balaban J connectivity index is 1.59. The number of para-hydroxylation sites is 1. The summed E-state index contributed by atoms with van der Waals surface area (Å²) in [5, 5.41) is 9.02. The van der Waals surface area contributed by atoms with Crippen LogP contribution in [-0.4, -0.2) is 37.1 Å². The normalized spacial score (nSPS) is 17.5. The highest BCUT2D eigenvalue weighted by atomic mass is 16.5. The van der Waals surface area contributed by atoms with Crippen LogP contribution in [0.25, 0.3) is 0 Å². The Morgan fingerprint density at radius 2 is 2.22 bits per heavy atom. The molecule has 1 aromatic carbocycles. The molecule has 0 N–H and O–H groups in total. The molecule has 118 valence electrons. The molecule has 1 saturated heterocycles. The molecule has 2 heterocycles. The lowest BCUT2D eigenvalue weighted by Gasteiger charge is -2.31. The van der Waals surface area contributed by atoms with E-state index >= 15 is 0 Å². The number of nitrogens with zero attached hydrogens (tertiary/aromatic N) is 2. The molecule has 1 fully saturated rings. The van der Waals surface area contributed by atoms with Gasteiger partial charge >= 0.3 is 0 Å². The third-order valence-electron chi connectivity index (χ3n) is 3.64. The van der Waals surface area contributed by atoms with Gasteiger partial charge in [-0.2, -0.15) is 5.26 Å². The van der Waals surface area contributed by atoms with Crippen LogP contribution in [-0.2, 0) is 9.53 Å². The molecule has 6 heteroatoms. The molecular formula is C17H16N2O4. The molecule has 1 aromatic heterocycles. The molecule has 0 saturated carbocycles. The second kappa shape index (κ2) is 6.99. The fraction of sp³-hybridized carbons (Fsp3) is 0.294. The highest BCUT2D eigenvalue weighted by Gasteiger charge is 2.27. The number of rotatable bonds is 4. The Labute approximate surface area is 133 Å². The van der Waals surface area contributed by atoms with Crippen molar-refractivity contribution in [1.29, 1.82) is 5.26 Å². The van der Waals surface area contributed by atoms with Gasteiger partial charge in [0, 0.05) is 6.54 Å². The molecule has 0 radical (unpaired) electrons. The van der Waals surface area contributed by atoms with Crippen molar-refractivity contribution in [1.82, 2.24) is 4.90 Å². The van der Waals surface area contributed by atoms with Crippen LogP contribution in [0.2, 0.25) is 0 Å². The third kappa shape index (κ3) is 3.52. The number of carbonyl (C=O) groups excluding carboxylic acids is 1. The van der Waals surface area contributed by atoms with E-state index in [1.165, 1.54) is 0 Å². The van der Waals surface area contributed by atoms with E-state index in [2.05, 4.69) is 0 Å². The van der Waals surface area contributed by atoms with Crippen LogP contribution in [0.15, 0.2) is 47.1 Å².